The fraction of sp³-hybridized carbons (Fsp3) is 0.605. The molecule has 0 spiro atoms. The summed E-state index contributed by atoms with van der Waals surface area (Å²) in [6, 6.07) is 19.0. The number of esters is 2. The number of carbonyl (C=O) groups excluding carboxylic acids is 5. The van der Waals surface area contributed by atoms with E-state index in [4.69, 9.17) is 14.3 Å². The van der Waals surface area contributed by atoms with Crippen LogP contribution in [0.15, 0.2) is 60.7 Å². The van der Waals surface area contributed by atoms with Gasteiger partial charge in [-0.15, -0.1) is 5.06 Å². The van der Waals surface area contributed by atoms with Gasteiger partial charge in [0.2, 0.25) is 0 Å². The lowest BCUT2D eigenvalue weighted by Crippen LogP contribution is -2.46. The van der Waals surface area contributed by atoms with Gasteiger partial charge in [-0.1, -0.05) is 170 Å². The number of nitrogens with zero attached hydrogens (tertiary/aromatic N) is 1. The molecule has 0 aliphatic carbocycles. The van der Waals surface area contributed by atoms with E-state index in [0.29, 0.717) is 30.9 Å². The van der Waals surface area contributed by atoms with Crippen molar-refractivity contribution in [2.45, 2.75) is 161 Å². The first-order valence-electron chi connectivity index (χ1n) is 19.8. The SMILES string of the molecule is CCCCCCCCCCC[C@@](CCCCCCCCCCC(=O)OCc1ccccc1)(C(=O)OCc1ccccc1)C(=O)ON1C(=O)CCC1=O. The molecule has 3 rings (SSSR count). The van der Waals surface area contributed by atoms with Crippen LogP contribution in [0, 0.1) is 5.41 Å². The number of hydrogen-bond donors (Lipinski definition) is 0. The van der Waals surface area contributed by atoms with Crippen LogP contribution in [-0.4, -0.2) is 34.8 Å². The number of hydrogen-bond acceptors (Lipinski definition) is 8. The van der Waals surface area contributed by atoms with Gasteiger partial charge < -0.3 is 14.3 Å². The molecule has 52 heavy (non-hydrogen) atoms. The molecule has 0 unspecified atom stereocenters. The topological polar surface area (TPSA) is 116 Å². The van der Waals surface area contributed by atoms with Crippen LogP contribution in [0.2, 0.25) is 0 Å². The summed E-state index contributed by atoms with van der Waals surface area (Å²) in [5, 5.41) is 0.543. The molecule has 1 fully saturated rings. The van der Waals surface area contributed by atoms with Gasteiger partial charge in [0, 0.05) is 19.3 Å². The Labute approximate surface area is 311 Å². The fourth-order valence-corrected chi connectivity index (χ4v) is 6.61. The summed E-state index contributed by atoms with van der Waals surface area (Å²) in [6.07, 6.45) is 17.7. The summed E-state index contributed by atoms with van der Waals surface area (Å²) in [7, 11) is 0. The molecular formula is C43H61NO8. The molecule has 2 amide bonds. The summed E-state index contributed by atoms with van der Waals surface area (Å²) >= 11 is 0. The molecule has 1 heterocycles. The summed E-state index contributed by atoms with van der Waals surface area (Å²) in [5.41, 5.74) is 0.165. The molecule has 286 valence electrons. The van der Waals surface area contributed by atoms with Gasteiger partial charge >= 0.3 is 17.9 Å². The Morgan fingerprint density at radius 3 is 1.46 bits per heavy atom. The second-order valence-corrected chi connectivity index (χ2v) is 14.2. The number of rotatable bonds is 28. The molecular weight excluding hydrogens is 658 g/mol. The van der Waals surface area contributed by atoms with E-state index in [1.807, 2.05) is 60.7 Å². The number of hydroxylamine groups is 2. The lowest BCUT2D eigenvalue weighted by atomic mass is 9.77. The first-order valence-corrected chi connectivity index (χ1v) is 19.8. The van der Waals surface area contributed by atoms with Gasteiger partial charge in [-0.25, -0.2) is 4.79 Å². The van der Waals surface area contributed by atoms with Gasteiger partial charge in [0.05, 0.1) is 0 Å². The van der Waals surface area contributed by atoms with E-state index in [-0.39, 0.29) is 38.3 Å². The zero-order valence-corrected chi connectivity index (χ0v) is 31.5. The highest BCUT2D eigenvalue weighted by atomic mass is 16.7. The molecule has 9 heteroatoms. The Hall–Kier alpha value is -4.01. The molecule has 1 saturated heterocycles. The monoisotopic (exact) mass is 719 g/mol. The van der Waals surface area contributed by atoms with Gasteiger partial charge in [-0.2, -0.15) is 0 Å². The first-order chi connectivity index (χ1) is 25.4. The summed E-state index contributed by atoms with van der Waals surface area (Å²) in [4.78, 5) is 70.2. The van der Waals surface area contributed by atoms with Gasteiger partial charge in [-0.05, 0) is 30.4 Å². The van der Waals surface area contributed by atoms with E-state index in [1.165, 1.54) is 32.1 Å². The minimum Gasteiger partial charge on any atom is -0.461 e. The molecule has 0 bridgehead atoms. The van der Waals surface area contributed by atoms with Gasteiger partial charge in [0.1, 0.15) is 13.2 Å². The highest BCUT2D eigenvalue weighted by Crippen LogP contribution is 2.37. The first kappa shape index (κ1) is 42.4. The third kappa shape index (κ3) is 15.7. The number of imide groups is 1. The fourth-order valence-electron chi connectivity index (χ4n) is 6.61. The number of ether oxygens (including phenoxy) is 2. The quantitative estimate of drug-likeness (QED) is 0.0369. The van der Waals surface area contributed by atoms with Gasteiger partial charge in [0.15, 0.2) is 5.41 Å². The van der Waals surface area contributed by atoms with Crippen LogP contribution in [0.4, 0.5) is 0 Å². The van der Waals surface area contributed by atoms with Crippen LogP contribution in [0.1, 0.15) is 159 Å². The van der Waals surface area contributed by atoms with Crippen molar-refractivity contribution >= 4 is 29.7 Å². The van der Waals surface area contributed by atoms with E-state index in [9.17, 15) is 24.0 Å². The number of carbonyl (C=O) groups is 5. The minimum absolute atomic E-state index is 0.0127. The Morgan fingerprint density at radius 1 is 0.558 bits per heavy atom. The molecule has 0 N–H and O–H groups in total. The maximum atomic E-state index is 14.0. The third-order valence-corrected chi connectivity index (χ3v) is 9.86. The van der Waals surface area contributed by atoms with E-state index < -0.39 is 29.2 Å². The number of unbranched alkanes of at least 4 members (excludes halogenated alkanes) is 15. The lowest BCUT2D eigenvalue weighted by Gasteiger charge is -2.30. The second kappa shape index (κ2) is 25.0. The average Bonchev–Trinajstić information content (AvgIpc) is 3.48. The maximum Gasteiger partial charge on any atom is 0.350 e. The molecule has 2 aromatic carbocycles. The number of amides is 2. The highest BCUT2D eigenvalue weighted by molar-refractivity contribution is 6.04. The van der Waals surface area contributed by atoms with Crippen molar-refractivity contribution in [1.82, 2.24) is 5.06 Å². The smallest absolute Gasteiger partial charge is 0.350 e. The van der Waals surface area contributed by atoms with Gasteiger partial charge in [-0.3, -0.25) is 19.2 Å². The molecule has 1 atom stereocenters. The molecule has 1 aliphatic heterocycles. The molecule has 9 nitrogen and oxygen atoms in total. The average molecular weight is 720 g/mol. The zero-order valence-electron chi connectivity index (χ0n) is 31.5. The maximum absolute atomic E-state index is 14.0. The van der Waals surface area contributed by atoms with Crippen LogP contribution in [0.3, 0.4) is 0 Å². The van der Waals surface area contributed by atoms with Crippen LogP contribution in [0.5, 0.6) is 0 Å². The number of benzene rings is 2. The molecule has 2 aromatic rings. The summed E-state index contributed by atoms with van der Waals surface area (Å²) in [6.45, 7) is 2.52. The van der Waals surface area contributed by atoms with Crippen molar-refractivity contribution in [3.05, 3.63) is 71.8 Å². The Kier molecular flexibility index (Phi) is 20.4. The minimum atomic E-state index is -1.62. The van der Waals surface area contributed by atoms with Crippen molar-refractivity contribution in [2.75, 3.05) is 0 Å². The largest absolute Gasteiger partial charge is 0.461 e. The lowest BCUT2D eigenvalue weighted by molar-refractivity contribution is -0.210. The Balaban J connectivity index is 1.51. The summed E-state index contributed by atoms with van der Waals surface area (Å²) < 4.78 is 11.2. The summed E-state index contributed by atoms with van der Waals surface area (Å²) in [5.74, 6) is -2.86. The second-order valence-electron chi connectivity index (χ2n) is 14.2. The predicted octanol–water partition coefficient (Wildman–Crippen LogP) is 9.89. The molecule has 0 aromatic heterocycles. The van der Waals surface area contributed by atoms with Gasteiger partial charge in [0.25, 0.3) is 11.8 Å². The zero-order chi connectivity index (χ0) is 37.3. The van der Waals surface area contributed by atoms with E-state index in [2.05, 4.69) is 6.92 Å². The Bertz CT molecular complexity index is 1330. The van der Waals surface area contributed by atoms with Crippen LogP contribution < -0.4 is 0 Å². The van der Waals surface area contributed by atoms with Crippen molar-refractivity contribution in [1.29, 1.82) is 0 Å². The van der Waals surface area contributed by atoms with Crippen LogP contribution in [0.25, 0.3) is 0 Å². The van der Waals surface area contributed by atoms with Crippen LogP contribution in [-0.2, 0) is 51.5 Å². The molecule has 0 radical (unpaired) electrons. The van der Waals surface area contributed by atoms with Crippen molar-refractivity contribution < 1.29 is 38.3 Å². The molecule has 1 aliphatic rings. The standard InChI is InChI=1S/C43H61NO8/c1-2-3-4-5-6-8-11-14-23-32-43(41(48)51-35-37-27-20-17-21-28-37,42(49)52-44-38(45)30-31-39(44)46)33-24-15-12-9-7-10-13-22-29-40(47)50-34-36-25-18-16-19-26-36/h16-21,25-28H,2-15,22-24,29-35H2,1H3/t43-/m1/s1. The highest BCUT2D eigenvalue weighted by Gasteiger charge is 2.50. The molecule has 0 saturated carbocycles. The van der Waals surface area contributed by atoms with Crippen molar-refractivity contribution in [2.24, 2.45) is 5.41 Å². The predicted molar refractivity (Wildman–Crippen MR) is 200 cm³/mol. The van der Waals surface area contributed by atoms with E-state index in [1.54, 1.807) is 0 Å². The van der Waals surface area contributed by atoms with Crippen molar-refractivity contribution in [3.8, 4) is 0 Å². The normalized spacial score (nSPS) is 13.9. The Morgan fingerprint density at radius 2 is 0.981 bits per heavy atom. The van der Waals surface area contributed by atoms with Crippen LogP contribution >= 0.6 is 0 Å². The van der Waals surface area contributed by atoms with E-state index >= 15 is 0 Å². The third-order valence-electron chi connectivity index (χ3n) is 9.86. The van der Waals surface area contributed by atoms with E-state index in [0.717, 1.165) is 75.3 Å². The van der Waals surface area contributed by atoms with Crippen molar-refractivity contribution in [3.63, 3.8) is 0 Å².